The number of hydrogen-bond acceptors (Lipinski definition) is 2. The van der Waals surface area contributed by atoms with Crippen molar-refractivity contribution in [2.24, 2.45) is 0 Å². The molecule has 0 atom stereocenters. The van der Waals surface area contributed by atoms with Crippen LogP contribution in [0.15, 0.2) is 272 Å². The summed E-state index contributed by atoms with van der Waals surface area (Å²) in [7, 11) is 0. The molecule has 0 fully saturated rings. The maximum Gasteiger partial charge on any atom is 0.263 e. The zero-order valence-corrected chi connectivity index (χ0v) is 38.7. The summed E-state index contributed by atoms with van der Waals surface area (Å²) < 4.78 is 2.03. The van der Waals surface area contributed by atoms with Gasteiger partial charge >= 0.3 is 0 Å². The van der Waals surface area contributed by atoms with Gasteiger partial charge in [0.15, 0.2) is 0 Å². The summed E-state index contributed by atoms with van der Waals surface area (Å²) >= 11 is 0. The van der Waals surface area contributed by atoms with Gasteiger partial charge < -0.3 is 4.90 Å². The molecule has 3 heteroatoms. The molecule has 332 valence electrons. The molecule has 0 radical (unpaired) electrons. The minimum Gasteiger partial charge on any atom is -0.310 e. The Morgan fingerprint density at radius 3 is 1.10 bits per heavy atom. The Morgan fingerprint density at radius 1 is 0.268 bits per heavy atom. The van der Waals surface area contributed by atoms with E-state index < -0.39 is 5.41 Å². The molecule has 12 aromatic rings. The van der Waals surface area contributed by atoms with Crippen molar-refractivity contribution in [2.75, 3.05) is 4.90 Å². The van der Waals surface area contributed by atoms with Crippen LogP contribution >= 0.6 is 0 Å². The molecule has 14 rings (SSSR count). The lowest BCUT2D eigenvalue weighted by Crippen LogP contribution is -2.42. The van der Waals surface area contributed by atoms with Crippen molar-refractivity contribution in [3.8, 4) is 61.3 Å². The fraction of sp³-hybridized carbons (Fsp3) is 0.0147. The van der Waals surface area contributed by atoms with Crippen molar-refractivity contribution in [3.63, 3.8) is 0 Å². The summed E-state index contributed by atoms with van der Waals surface area (Å²) in [4.78, 5) is 18.1. The Hall–Kier alpha value is -9.31. The molecule has 0 unspecified atom stereocenters. The Balaban J connectivity index is 1.20. The second-order valence-corrected chi connectivity index (χ2v) is 18.8. The maximum absolute atomic E-state index is 15.6. The van der Waals surface area contributed by atoms with Crippen LogP contribution in [0.3, 0.4) is 0 Å². The minimum absolute atomic E-state index is 0.0298. The first kappa shape index (κ1) is 40.7. The van der Waals surface area contributed by atoms with E-state index in [4.69, 9.17) is 0 Å². The normalized spacial score (nSPS) is 12.9. The van der Waals surface area contributed by atoms with Gasteiger partial charge in [-0.1, -0.05) is 200 Å². The van der Waals surface area contributed by atoms with Gasteiger partial charge in [-0.05, 0) is 150 Å². The molecule has 0 bridgehead atoms. The Labute approximate surface area is 412 Å². The molecule has 0 aliphatic carbocycles. The molecule has 2 aliphatic rings. The van der Waals surface area contributed by atoms with Gasteiger partial charge in [0.05, 0.1) is 28.0 Å². The van der Waals surface area contributed by atoms with E-state index in [0.29, 0.717) is 5.39 Å². The van der Waals surface area contributed by atoms with E-state index in [0.717, 1.165) is 111 Å². The smallest absolute Gasteiger partial charge is 0.263 e. The highest BCUT2D eigenvalue weighted by Crippen LogP contribution is 2.63. The first-order valence-electron chi connectivity index (χ1n) is 24.4. The minimum atomic E-state index is -0.973. The van der Waals surface area contributed by atoms with E-state index in [1.54, 1.807) is 0 Å². The van der Waals surface area contributed by atoms with Crippen LogP contribution < -0.4 is 10.5 Å². The molecule has 1 spiro atoms. The molecule has 0 saturated heterocycles. The second-order valence-electron chi connectivity index (χ2n) is 18.8. The summed E-state index contributed by atoms with van der Waals surface area (Å²) in [6.45, 7) is 0. The molecular formula is C68H44N2O. The molecule has 0 N–H and O–H groups in total. The quantitative estimate of drug-likeness (QED) is 0.155. The van der Waals surface area contributed by atoms with Gasteiger partial charge in [0.1, 0.15) is 0 Å². The number of rotatable bonds is 6. The van der Waals surface area contributed by atoms with Gasteiger partial charge in [0.2, 0.25) is 0 Å². The van der Waals surface area contributed by atoms with E-state index in [9.17, 15) is 0 Å². The van der Waals surface area contributed by atoms with Gasteiger partial charge in [-0.2, -0.15) is 0 Å². The van der Waals surface area contributed by atoms with E-state index in [2.05, 4.69) is 260 Å². The third-order valence-electron chi connectivity index (χ3n) is 15.0. The summed E-state index contributed by atoms with van der Waals surface area (Å²) in [5.41, 5.74) is 19.6. The standard InChI is InChI=1S/C68H44N2O/c71-67-57-29-17-16-28-56(57)58-40-54(49-26-14-5-15-27-49)44-62-66(58)70(67)65-39-34-53(48-24-12-4-13-25-48)43-61(65)68(62)59-41-51(46-20-8-2-9-21-46)32-37-63(59)69(55-35-30-50(31-36-55)45-18-6-1-7-19-45)64-38-33-52(42-60(64)68)47-22-10-3-11-23-47/h1-44H. The van der Waals surface area contributed by atoms with Crippen molar-refractivity contribution in [3.05, 3.63) is 300 Å². The molecule has 2 aliphatic heterocycles. The monoisotopic (exact) mass is 904 g/mol. The second kappa shape index (κ2) is 16.2. The zero-order chi connectivity index (χ0) is 47.0. The summed E-state index contributed by atoms with van der Waals surface area (Å²) in [5.74, 6) is 0. The highest BCUT2D eigenvalue weighted by atomic mass is 16.1. The lowest BCUT2D eigenvalue weighted by Gasteiger charge is -2.49. The van der Waals surface area contributed by atoms with Crippen LogP contribution in [0.2, 0.25) is 0 Å². The Bertz CT molecular complexity index is 4000. The van der Waals surface area contributed by atoms with Crippen LogP contribution in [0.1, 0.15) is 22.3 Å². The predicted molar refractivity (Wildman–Crippen MR) is 294 cm³/mol. The van der Waals surface area contributed by atoms with Crippen molar-refractivity contribution in [2.45, 2.75) is 5.41 Å². The van der Waals surface area contributed by atoms with Crippen LogP contribution in [-0.2, 0) is 5.41 Å². The molecular weight excluding hydrogens is 861 g/mol. The van der Waals surface area contributed by atoms with E-state index in [1.807, 2.05) is 16.7 Å². The number of hydrogen-bond donors (Lipinski definition) is 0. The van der Waals surface area contributed by atoms with Crippen LogP contribution in [0.4, 0.5) is 17.1 Å². The lowest BCUT2D eigenvalue weighted by atomic mass is 9.59. The van der Waals surface area contributed by atoms with Crippen LogP contribution in [0.5, 0.6) is 0 Å². The molecule has 3 heterocycles. The molecule has 71 heavy (non-hydrogen) atoms. The zero-order valence-electron chi connectivity index (χ0n) is 38.7. The summed E-state index contributed by atoms with van der Waals surface area (Å²) in [5, 5.41) is 2.67. The van der Waals surface area contributed by atoms with Crippen LogP contribution in [0.25, 0.3) is 83.0 Å². The third-order valence-corrected chi connectivity index (χ3v) is 15.0. The van der Waals surface area contributed by atoms with Crippen molar-refractivity contribution < 1.29 is 0 Å². The van der Waals surface area contributed by atoms with Gasteiger partial charge in [-0.3, -0.25) is 9.36 Å². The van der Waals surface area contributed by atoms with Crippen molar-refractivity contribution in [1.29, 1.82) is 0 Å². The van der Waals surface area contributed by atoms with E-state index in [-0.39, 0.29) is 5.56 Å². The molecule has 0 saturated carbocycles. The van der Waals surface area contributed by atoms with Gasteiger partial charge in [-0.25, -0.2) is 0 Å². The topological polar surface area (TPSA) is 25.2 Å². The molecule has 1 aromatic heterocycles. The predicted octanol–water partition coefficient (Wildman–Crippen LogP) is 17.0. The number of aromatic nitrogens is 1. The van der Waals surface area contributed by atoms with Crippen molar-refractivity contribution in [1.82, 2.24) is 4.57 Å². The highest BCUT2D eigenvalue weighted by molar-refractivity contribution is 6.11. The lowest BCUT2D eigenvalue weighted by molar-refractivity contribution is 0.710. The van der Waals surface area contributed by atoms with E-state index >= 15 is 4.79 Å². The first-order valence-corrected chi connectivity index (χ1v) is 24.4. The fourth-order valence-electron chi connectivity index (χ4n) is 11.8. The van der Waals surface area contributed by atoms with Crippen molar-refractivity contribution >= 4 is 38.7 Å². The molecule has 3 nitrogen and oxygen atoms in total. The number of fused-ring (bicyclic) bond motifs is 10. The Morgan fingerprint density at radius 2 is 0.620 bits per heavy atom. The molecule has 0 amide bonds. The number of anilines is 3. The number of pyridine rings is 1. The largest absolute Gasteiger partial charge is 0.310 e. The average molecular weight is 905 g/mol. The fourth-order valence-corrected chi connectivity index (χ4v) is 11.8. The van der Waals surface area contributed by atoms with Crippen LogP contribution in [0, 0.1) is 0 Å². The van der Waals surface area contributed by atoms with Gasteiger partial charge in [0, 0.05) is 16.5 Å². The highest BCUT2D eigenvalue weighted by Gasteiger charge is 2.52. The third kappa shape index (κ3) is 6.26. The van der Waals surface area contributed by atoms with Gasteiger partial charge in [-0.15, -0.1) is 0 Å². The molecule has 11 aromatic carbocycles. The number of benzene rings is 11. The van der Waals surface area contributed by atoms with Gasteiger partial charge in [0.25, 0.3) is 5.56 Å². The SMILES string of the molecule is O=c1c2ccccc2c2cc(-c3ccccc3)cc3c2n1-c1ccc(-c2ccccc2)cc1C31c2cc(-c3ccccc3)ccc2N(c2ccc(-c3ccccc3)cc2)c2ccc(-c3ccccc3)cc21. The Kier molecular flexibility index (Phi) is 9.27. The average Bonchev–Trinajstić information content (AvgIpc) is 3.45. The number of nitrogens with zero attached hydrogens (tertiary/aromatic N) is 2. The maximum atomic E-state index is 15.6. The summed E-state index contributed by atoms with van der Waals surface area (Å²) in [6, 6.07) is 96.2. The summed E-state index contributed by atoms with van der Waals surface area (Å²) in [6.07, 6.45) is 0. The first-order chi connectivity index (χ1) is 35.1. The van der Waals surface area contributed by atoms with Crippen LogP contribution in [-0.4, -0.2) is 4.57 Å². The van der Waals surface area contributed by atoms with E-state index in [1.165, 1.54) is 5.56 Å².